The van der Waals surface area contributed by atoms with Crippen molar-refractivity contribution >= 4 is 28.0 Å². The highest BCUT2D eigenvalue weighted by atomic mass is 32.2. The first-order valence-corrected chi connectivity index (χ1v) is 13.9. The quantitative estimate of drug-likeness (QED) is 0.229. The van der Waals surface area contributed by atoms with Crippen molar-refractivity contribution in [3.63, 3.8) is 0 Å². The van der Waals surface area contributed by atoms with Gasteiger partial charge < -0.3 is 24.1 Å². The number of aliphatic hydroxyl groups excluding tert-OH is 1. The van der Waals surface area contributed by atoms with Gasteiger partial charge in [0.15, 0.2) is 18.5 Å². The average molecular weight is 571 g/mol. The number of carbonyl (C=O) groups is 3. The van der Waals surface area contributed by atoms with Gasteiger partial charge in [-0.05, 0) is 36.4 Å². The van der Waals surface area contributed by atoms with E-state index in [1.807, 2.05) is 0 Å². The minimum Gasteiger partial charge on any atom is -0.459 e. The third-order valence-electron chi connectivity index (χ3n) is 5.79. The van der Waals surface area contributed by atoms with Crippen molar-refractivity contribution < 1.29 is 51.0 Å². The fraction of sp³-hybridized carbons (Fsp3) is 0.250. The molecule has 0 saturated carbocycles. The van der Waals surface area contributed by atoms with Gasteiger partial charge in [-0.1, -0.05) is 54.6 Å². The van der Waals surface area contributed by atoms with Gasteiger partial charge in [-0.15, -0.1) is 0 Å². The molecule has 0 unspecified atom stereocenters. The second kappa shape index (κ2) is 12.8. The largest absolute Gasteiger partial charge is 0.459 e. The van der Waals surface area contributed by atoms with E-state index in [1.165, 1.54) is 36.4 Å². The van der Waals surface area contributed by atoms with Crippen LogP contribution in [0.15, 0.2) is 91.0 Å². The van der Waals surface area contributed by atoms with Crippen molar-refractivity contribution in [1.29, 1.82) is 0 Å². The number of benzene rings is 3. The standard InChI is InChI=1S/C28H26O11S/c1-40(33,34)39-22-21(17-35-25(29)18-11-5-2-6-12-18)36-28(32)24(38-27(31)20-15-9-4-10-16-20)23(22)37-26(30)19-13-7-3-8-14-19/h2-16,21-24,28,32H,17H2,1H3/t21-,22+,23+,24-,28-/m1/s1. The van der Waals surface area contributed by atoms with Crippen LogP contribution in [0.3, 0.4) is 0 Å². The Morgan fingerprint density at radius 3 is 1.57 bits per heavy atom. The highest BCUT2D eigenvalue weighted by molar-refractivity contribution is 7.86. The fourth-order valence-electron chi connectivity index (χ4n) is 3.95. The Hall–Kier alpha value is -4.10. The molecule has 0 spiro atoms. The summed E-state index contributed by atoms with van der Waals surface area (Å²) < 4.78 is 51.6. The summed E-state index contributed by atoms with van der Waals surface area (Å²) in [6.07, 6.45) is -7.69. The van der Waals surface area contributed by atoms with E-state index in [4.69, 9.17) is 23.1 Å². The number of ether oxygens (including phenoxy) is 4. The predicted octanol–water partition coefficient (Wildman–Crippen LogP) is 2.36. The van der Waals surface area contributed by atoms with Gasteiger partial charge in [0.25, 0.3) is 10.1 Å². The third-order valence-corrected chi connectivity index (χ3v) is 6.36. The predicted molar refractivity (Wildman–Crippen MR) is 139 cm³/mol. The molecule has 0 aliphatic carbocycles. The molecule has 5 atom stereocenters. The smallest absolute Gasteiger partial charge is 0.338 e. The first kappa shape index (κ1) is 28.9. The maximum atomic E-state index is 13.0. The van der Waals surface area contributed by atoms with Crippen molar-refractivity contribution in [2.24, 2.45) is 0 Å². The maximum absolute atomic E-state index is 13.0. The number of hydrogen-bond acceptors (Lipinski definition) is 11. The summed E-state index contributed by atoms with van der Waals surface area (Å²) in [6.45, 7) is -0.594. The zero-order chi connectivity index (χ0) is 28.7. The van der Waals surface area contributed by atoms with Crippen LogP contribution in [0.4, 0.5) is 0 Å². The summed E-state index contributed by atoms with van der Waals surface area (Å²) in [5.41, 5.74) is 0.422. The van der Waals surface area contributed by atoms with Crippen molar-refractivity contribution in [1.82, 2.24) is 0 Å². The zero-order valence-corrected chi connectivity index (χ0v) is 22.0. The van der Waals surface area contributed by atoms with Crippen molar-refractivity contribution in [2.45, 2.75) is 30.7 Å². The van der Waals surface area contributed by atoms with Crippen LogP contribution < -0.4 is 0 Å². The molecule has 12 heteroatoms. The molecule has 3 aromatic carbocycles. The first-order valence-electron chi connectivity index (χ1n) is 12.1. The number of aliphatic hydroxyl groups is 1. The molecule has 1 N–H and O–H groups in total. The molecule has 1 fully saturated rings. The Bertz CT molecular complexity index is 1410. The van der Waals surface area contributed by atoms with E-state index in [0.717, 1.165) is 6.26 Å². The molecule has 0 radical (unpaired) electrons. The summed E-state index contributed by atoms with van der Waals surface area (Å²) in [5.74, 6) is -2.57. The van der Waals surface area contributed by atoms with E-state index in [9.17, 15) is 27.9 Å². The topological polar surface area (TPSA) is 152 Å². The summed E-state index contributed by atoms with van der Waals surface area (Å²) in [6, 6.07) is 23.5. The lowest BCUT2D eigenvalue weighted by molar-refractivity contribution is -0.279. The van der Waals surface area contributed by atoms with E-state index in [-0.39, 0.29) is 16.7 Å². The fourth-order valence-corrected chi connectivity index (χ4v) is 4.59. The van der Waals surface area contributed by atoms with Crippen LogP contribution in [-0.4, -0.2) is 75.0 Å². The molecular weight excluding hydrogens is 544 g/mol. The van der Waals surface area contributed by atoms with Crippen LogP contribution >= 0.6 is 0 Å². The van der Waals surface area contributed by atoms with E-state index in [1.54, 1.807) is 54.6 Å². The van der Waals surface area contributed by atoms with E-state index >= 15 is 0 Å². The molecule has 1 heterocycles. The van der Waals surface area contributed by atoms with Crippen LogP contribution in [0, 0.1) is 0 Å². The van der Waals surface area contributed by atoms with Crippen molar-refractivity contribution in [2.75, 3.05) is 12.9 Å². The Morgan fingerprint density at radius 2 is 1.12 bits per heavy atom. The van der Waals surface area contributed by atoms with Crippen LogP contribution in [0.2, 0.25) is 0 Å². The molecule has 4 rings (SSSR count). The van der Waals surface area contributed by atoms with E-state index in [2.05, 4.69) is 0 Å². The highest BCUT2D eigenvalue weighted by Crippen LogP contribution is 2.30. The van der Waals surface area contributed by atoms with Gasteiger partial charge in [0, 0.05) is 0 Å². The van der Waals surface area contributed by atoms with Crippen LogP contribution in [-0.2, 0) is 33.2 Å². The van der Waals surface area contributed by atoms with Crippen molar-refractivity contribution in [3.8, 4) is 0 Å². The first-order chi connectivity index (χ1) is 19.1. The second-order valence-corrected chi connectivity index (χ2v) is 10.4. The van der Waals surface area contributed by atoms with Gasteiger partial charge in [-0.2, -0.15) is 8.42 Å². The van der Waals surface area contributed by atoms with Gasteiger partial charge in [0.2, 0.25) is 0 Å². The number of carbonyl (C=O) groups excluding carboxylic acids is 3. The summed E-state index contributed by atoms with van der Waals surface area (Å²) >= 11 is 0. The molecular formula is C28H26O11S. The second-order valence-electron chi connectivity index (χ2n) is 8.77. The monoisotopic (exact) mass is 570 g/mol. The molecule has 210 valence electrons. The lowest BCUT2D eigenvalue weighted by Gasteiger charge is -2.42. The van der Waals surface area contributed by atoms with E-state index < -0.39 is 65.3 Å². The lowest BCUT2D eigenvalue weighted by Crippen LogP contribution is -2.62. The minimum absolute atomic E-state index is 0.0989. The normalized spacial score (nSPS) is 22.6. The number of esters is 3. The molecule has 1 aliphatic heterocycles. The van der Waals surface area contributed by atoms with Crippen LogP contribution in [0.5, 0.6) is 0 Å². The SMILES string of the molecule is CS(=O)(=O)O[C@@H]1[C@H](OC(=O)c2ccccc2)[C@@H](OC(=O)c2ccccc2)[C@H](O)O[C@@H]1COC(=O)c1ccccc1. The minimum atomic E-state index is -4.24. The van der Waals surface area contributed by atoms with Gasteiger partial charge in [-0.25, -0.2) is 14.4 Å². The molecule has 0 aromatic heterocycles. The van der Waals surface area contributed by atoms with Gasteiger partial charge in [0.1, 0.15) is 18.8 Å². The summed E-state index contributed by atoms with van der Waals surface area (Å²) in [7, 11) is -4.24. The van der Waals surface area contributed by atoms with Crippen LogP contribution in [0.1, 0.15) is 31.1 Å². The molecule has 1 aliphatic rings. The Balaban J connectivity index is 1.65. The van der Waals surface area contributed by atoms with Crippen LogP contribution in [0.25, 0.3) is 0 Å². The van der Waals surface area contributed by atoms with E-state index in [0.29, 0.717) is 0 Å². The molecule has 11 nitrogen and oxygen atoms in total. The zero-order valence-electron chi connectivity index (χ0n) is 21.2. The molecule has 0 bridgehead atoms. The van der Waals surface area contributed by atoms with Crippen molar-refractivity contribution in [3.05, 3.63) is 108 Å². The van der Waals surface area contributed by atoms with Gasteiger partial charge >= 0.3 is 17.9 Å². The molecule has 0 amide bonds. The van der Waals surface area contributed by atoms with Gasteiger partial charge in [-0.3, -0.25) is 4.18 Å². The Kier molecular flexibility index (Phi) is 9.27. The Labute approximate surface area is 230 Å². The Morgan fingerprint density at radius 1 is 0.700 bits per heavy atom. The lowest BCUT2D eigenvalue weighted by atomic mass is 9.98. The number of rotatable bonds is 9. The summed E-state index contributed by atoms with van der Waals surface area (Å²) in [4.78, 5) is 38.4. The number of hydrogen-bond donors (Lipinski definition) is 1. The molecule has 3 aromatic rings. The highest BCUT2D eigenvalue weighted by Gasteiger charge is 2.52. The maximum Gasteiger partial charge on any atom is 0.338 e. The average Bonchev–Trinajstić information content (AvgIpc) is 2.95. The summed E-state index contributed by atoms with van der Waals surface area (Å²) in [5, 5.41) is 10.9. The molecule has 1 saturated heterocycles. The van der Waals surface area contributed by atoms with Gasteiger partial charge in [0.05, 0.1) is 22.9 Å². The molecule has 40 heavy (non-hydrogen) atoms. The third kappa shape index (κ3) is 7.51.